The summed E-state index contributed by atoms with van der Waals surface area (Å²) < 4.78 is 0. The van der Waals surface area contributed by atoms with E-state index in [1.807, 2.05) is 6.92 Å². The van der Waals surface area contributed by atoms with Gasteiger partial charge in [-0.2, -0.15) is 5.10 Å². The molecule has 86 valence electrons. The van der Waals surface area contributed by atoms with Gasteiger partial charge in [-0.3, -0.25) is 5.10 Å². The van der Waals surface area contributed by atoms with E-state index in [-0.39, 0.29) is 6.04 Å². The fourth-order valence-corrected chi connectivity index (χ4v) is 2.15. The van der Waals surface area contributed by atoms with Crippen molar-refractivity contribution in [3.8, 4) is 0 Å². The van der Waals surface area contributed by atoms with Crippen LogP contribution in [0.4, 0.5) is 0 Å². The minimum Gasteiger partial charge on any atom is -0.308 e. The Kier molecular flexibility index (Phi) is 3.63. The predicted octanol–water partition coefficient (Wildman–Crippen LogP) is 1.46. The third kappa shape index (κ3) is 2.86. The van der Waals surface area contributed by atoms with Gasteiger partial charge in [0, 0.05) is 24.4 Å². The van der Waals surface area contributed by atoms with Gasteiger partial charge in [0.15, 0.2) is 0 Å². The second kappa shape index (κ2) is 5.18. The fraction of sp³-hybridized carbons (Fsp3) is 0.500. The van der Waals surface area contributed by atoms with Gasteiger partial charge in [0.05, 0.1) is 10.7 Å². The molecule has 16 heavy (non-hydrogen) atoms. The van der Waals surface area contributed by atoms with Crippen molar-refractivity contribution in [3.05, 3.63) is 28.2 Å². The van der Waals surface area contributed by atoms with E-state index in [0.29, 0.717) is 0 Å². The molecule has 2 rings (SSSR count). The van der Waals surface area contributed by atoms with Gasteiger partial charge >= 0.3 is 0 Å². The zero-order chi connectivity index (χ0) is 11.4. The first-order valence-corrected chi connectivity index (χ1v) is 6.13. The topological polar surface area (TPSA) is 66.5 Å². The van der Waals surface area contributed by atoms with Crippen molar-refractivity contribution in [2.75, 3.05) is 6.54 Å². The number of aromatic amines is 1. The minimum atomic E-state index is 0.285. The molecule has 0 aliphatic carbocycles. The third-order valence-electron chi connectivity index (χ3n) is 2.36. The largest absolute Gasteiger partial charge is 0.308 e. The summed E-state index contributed by atoms with van der Waals surface area (Å²) in [5.74, 6) is 0.911. The van der Waals surface area contributed by atoms with Crippen LogP contribution in [0, 0.1) is 6.92 Å². The molecule has 0 aliphatic rings. The molecule has 0 aliphatic heterocycles. The molecule has 2 aromatic rings. The molecule has 0 fully saturated rings. The molecule has 1 unspecified atom stereocenters. The lowest BCUT2D eigenvalue weighted by Crippen LogP contribution is -2.22. The Labute approximate surface area is 98.3 Å². The molecule has 0 amide bonds. The highest BCUT2D eigenvalue weighted by Gasteiger charge is 2.07. The summed E-state index contributed by atoms with van der Waals surface area (Å²) >= 11 is 1.68. The zero-order valence-corrected chi connectivity index (χ0v) is 10.2. The number of thiazole rings is 1. The molecular weight excluding hydrogens is 222 g/mol. The van der Waals surface area contributed by atoms with Crippen LogP contribution in [0.5, 0.6) is 0 Å². The van der Waals surface area contributed by atoms with Gasteiger partial charge in [-0.25, -0.2) is 9.97 Å². The first-order valence-electron chi connectivity index (χ1n) is 5.25. The van der Waals surface area contributed by atoms with Gasteiger partial charge in [0.2, 0.25) is 0 Å². The van der Waals surface area contributed by atoms with Crippen molar-refractivity contribution >= 4 is 11.3 Å². The second-order valence-corrected chi connectivity index (χ2v) is 4.71. The van der Waals surface area contributed by atoms with E-state index in [9.17, 15) is 0 Å². The molecule has 0 bridgehead atoms. The van der Waals surface area contributed by atoms with Crippen LogP contribution < -0.4 is 5.32 Å². The van der Waals surface area contributed by atoms with Crippen molar-refractivity contribution in [2.45, 2.75) is 26.3 Å². The Morgan fingerprint density at radius 1 is 1.56 bits per heavy atom. The average molecular weight is 237 g/mol. The molecule has 0 aromatic carbocycles. The lowest BCUT2D eigenvalue weighted by atomic mass is 10.2. The van der Waals surface area contributed by atoms with Gasteiger partial charge in [-0.15, -0.1) is 11.3 Å². The van der Waals surface area contributed by atoms with Crippen LogP contribution in [-0.2, 0) is 6.42 Å². The second-order valence-electron chi connectivity index (χ2n) is 3.65. The SMILES string of the molecule is Cc1nc(C(C)NCCc2ncn[nH]2)cs1. The number of hydrogen-bond acceptors (Lipinski definition) is 5. The van der Waals surface area contributed by atoms with Crippen molar-refractivity contribution in [3.63, 3.8) is 0 Å². The number of H-pyrrole nitrogens is 1. The first-order chi connectivity index (χ1) is 7.75. The summed E-state index contributed by atoms with van der Waals surface area (Å²) in [5, 5.41) is 13.3. The first kappa shape index (κ1) is 11.2. The molecule has 0 saturated heterocycles. The normalized spacial score (nSPS) is 12.9. The van der Waals surface area contributed by atoms with Crippen molar-refractivity contribution in [1.29, 1.82) is 0 Å². The van der Waals surface area contributed by atoms with E-state index in [4.69, 9.17) is 0 Å². The van der Waals surface area contributed by atoms with Crippen molar-refractivity contribution in [2.24, 2.45) is 0 Å². The van der Waals surface area contributed by atoms with E-state index in [1.165, 1.54) is 6.33 Å². The Hall–Kier alpha value is -1.27. The standard InChI is InChI=1S/C10H15N5S/c1-7(9-5-16-8(2)14-9)11-4-3-10-12-6-13-15-10/h5-7,11H,3-4H2,1-2H3,(H,12,13,15). The lowest BCUT2D eigenvalue weighted by molar-refractivity contribution is 0.560. The fourth-order valence-electron chi connectivity index (χ4n) is 1.44. The Balaban J connectivity index is 1.78. The van der Waals surface area contributed by atoms with Gasteiger partial charge in [0.1, 0.15) is 12.2 Å². The number of rotatable bonds is 5. The number of nitrogens with one attached hydrogen (secondary N) is 2. The van der Waals surface area contributed by atoms with E-state index in [1.54, 1.807) is 11.3 Å². The van der Waals surface area contributed by atoms with Crippen LogP contribution in [-0.4, -0.2) is 26.7 Å². The maximum absolute atomic E-state index is 4.45. The van der Waals surface area contributed by atoms with E-state index in [0.717, 1.165) is 29.5 Å². The lowest BCUT2D eigenvalue weighted by Gasteiger charge is -2.10. The highest BCUT2D eigenvalue weighted by Crippen LogP contribution is 2.15. The van der Waals surface area contributed by atoms with Crippen LogP contribution in [0.15, 0.2) is 11.7 Å². The van der Waals surface area contributed by atoms with Crippen LogP contribution in [0.1, 0.15) is 29.5 Å². The monoisotopic (exact) mass is 237 g/mol. The molecule has 2 heterocycles. The van der Waals surface area contributed by atoms with Gasteiger partial charge < -0.3 is 5.32 Å². The number of aryl methyl sites for hydroxylation is 1. The quantitative estimate of drug-likeness (QED) is 0.826. The summed E-state index contributed by atoms with van der Waals surface area (Å²) in [5.41, 5.74) is 1.11. The average Bonchev–Trinajstić information content (AvgIpc) is 2.89. The maximum Gasteiger partial charge on any atom is 0.137 e. The van der Waals surface area contributed by atoms with Crippen LogP contribution in [0.25, 0.3) is 0 Å². The number of aromatic nitrogens is 4. The van der Waals surface area contributed by atoms with E-state index in [2.05, 4.69) is 37.8 Å². The van der Waals surface area contributed by atoms with Gasteiger partial charge in [-0.05, 0) is 13.8 Å². The third-order valence-corrected chi connectivity index (χ3v) is 3.15. The molecule has 0 saturated carbocycles. The summed E-state index contributed by atoms with van der Waals surface area (Å²) in [6.45, 7) is 5.01. The van der Waals surface area contributed by atoms with Crippen LogP contribution in [0.2, 0.25) is 0 Å². The maximum atomic E-state index is 4.45. The summed E-state index contributed by atoms with van der Waals surface area (Å²) in [6.07, 6.45) is 2.38. The smallest absolute Gasteiger partial charge is 0.137 e. The summed E-state index contributed by atoms with van der Waals surface area (Å²) in [7, 11) is 0. The molecule has 5 nitrogen and oxygen atoms in total. The molecule has 2 N–H and O–H groups in total. The van der Waals surface area contributed by atoms with E-state index < -0.39 is 0 Å². The highest BCUT2D eigenvalue weighted by molar-refractivity contribution is 7.09. The number of hydrogen-bond donors (Lipinski definition) is 2. The zero-order valence-electron chi connectivity index (χ0n) is 9.40. The number of nitrogens with zero attached hydrogens (tertiary/aromatic N) is 3. The van der Waals surface area contributed by atoms with Crippen LogP contribution in [0.3, 0.4) is 0 Å². The molecular formula is C10H15N5S. The van der Waals surface area contributed by atoms with E-state index >= 15 is 0 Å². The highest BCUT2D eigenvalue weighted by atomic mass is 32.1. The predicted molar refractivity (Wildman–Crippen MR) is 63.4 cm³/mol. The van der Waals surface area contributed by atoms with Crippen LogP contribution >= 0.6 is 11.3 Å². The molecule has 1 atom stereocenters. The summed E-state index contributed by atoms with van der Waals surface area (Å²) in [4.78, 5) is 8.52. The Bertz CT molecular complexity index is 422. The minimum absolute atomic E-state index is 0.285. The van der Waals surface area contributed by atoms with Gasteiger partial charge in [-0.1, -0.05) is 0 Å². The summed E-state index contributed by atoms with van der Waals surface area (Å²) in [6, 6.07) is 0.285. The molecule has 6 heteroatoms. The molecule has 0 spiro atoms. The molecule has 0 radical (unpaired) electrons. The Morgan fingerprint density at radius 2 is 2.44 bits per heavy atom. The van der Waals surface area contributed by atoms with Crippen molar-refractivity contribution in [1.82, 2.24) is 25.5 Å². The van der Waals surface area contributed by atoms with Crippen molar-refractivity contribution < 1.29 is 0 Å². The Morgan fingerprint density at radius 3 is 3.06 bits per heavy atom. The molecule has 2 aromatic heterocycles. The van der Waals surface area contributed by atoms with Gasteiger partial charge in [0.25, 0.3) is 0 Å².